The number of aryl methyl sites for hydroxylation is 3. The van der Waals surface area contributed by atoms with Crippen molar-refractivity contribution in [1.82, 2.24) is 4.90 Å². The average Bonchev–Trinajstić information content (AvgIpc) is 2.75. The van der Waals surface area contributed by atoms with Crippen LogP contribution in [0.5, 0.6) is 0 Å². The number of hydrogen-bond acceptors (Lipinski definition) is 2. The number of rotatable bonds is 3. The van der Waals surface area contributed by atoms with Crippen LogP contribution < -0.4 is 5.32 Å². The lowest BCUT2D eigenvalue weighted by atomic mass is 10.0. The third-order valence-electron chi connectivity index (χ3n) is 4.08. The Labute approximate surface area is 126 Å². The number of benzene rings is 1. The van der Waals surface area contributed by atoms with E-state index < -0.39 is 0 Å². The second-order valence-corrected chi connectivity index (χ2v) is 6.30. The van der Waals surface area contributed by atoms with Gasteiger partial charge in [-0.2, -0.15) is 0 Å². The van der Waals surface area contributed by atoms with Gasteiger partial charge in [0.25, 0.3) is 0 Å². The number of nitrogens with zero attached hydrogens (tertiary/aromatic N) is 1. The number of amides is 2. The molecule has 1 N–H and O–H groups in total. The summed E-state index contributed by atoms with van der Waals surface area (Å²) >= 11 is 0. The van der Waals surface area contributed by atoms with E-state index in [1.807, 2.05) is 34.6 Å². The fourth-order valence-electron chi connectivity index (χ4n) is 3.01. The van der Waals surface area contributed by atoms with Crippen molar-refractivity contribution < 1.29 is 9.59 Å². The minimum absolute atomic E-state index is 0.0541. The van der Waals surface area contributed by atoms with Gasteiger partial charge < -0.3 is 10.2 Å². The zero-order valence-corrected chi connectivity index (χ0v) is 13.5. The molecule has 0 saturated carbocycles. The molecule has 0 aromatic heterocycles. The van der Waals surface area contributed by atoms with Gasteiger partial charge in [-0.1, -0.05) is 17.7 Å². The highest BCUT2D eigenvalue weighted by atomic mass is 16.2. The van der Waals surface area contributed by atoms with Crippen LogP contribution in [0.3, 0.4) is 0 Å². The average molecular weight is 288 g/mol. The molecule has 1 heterocycles. The highest BCUT2D eigenvalue weighted by molar-refractivity contribution is 5.98. The van der Waals surface area contributed by atoms with E-state index >= 15 is 0 Å². The van der Waals surface area contributed by atoms with Crippen LogP contribution in [-0.4, -0.2) is 29.3 Å². The zero-order valence-electron chi connectivity index (χ0n) is 13.5. The van der Waals surface area contributed by atoms with Crippen LogP contribution in [0.2, 0.25) is 0 Å². The van der Waals surface area contributed by atoms with E-state index in [1.54, 1.807) is 4.90 Å². The predicted molar refractivity (Wildman–Crippen MR) is 84.2 cm³/mol. The van der Waals surface area contributed by atoms with Crippen molar-refractivity contribution in [2.45, 2.75) is 47.1 Å². The third-order valence-corrected chi connectivity index (χ3v) is 4.08. The molecule has 0 radical (unpaired) electrons. The van der Waals surface area contributed by atoms with Crippen LogP contribution in [0.4, 0.5) is 5.69 Å². The molecule has 0 bridgehead atoms. The van der Waals surface area contributed by atoms with Crippen molar-refractivity contribution in [2.24, 2.45) is 5.92 Å². The molecule has 114 valence electrons. The Morgan fingerprint density at radius 2 is 1.81 bits per heavy atom. The van der Waals surface area contributed by atoms with Gasteiger partial charge in [0.05, 0.1) is 5.92 Å². The summed E-state index contributed by atoms with van der Waals surface area (Å²) in [5.74, 6) is -0.232. The van der Waals surface area contributed by atoms with Gasteiger partial charge in [0.1, 0.15) is 0 Å². The number of likely N-dealkylation sites (tertiary alicyclic amines) is 1. The molecule has 2 amide bonds. The van der Waals surface area contributed by atoms with Gasteiger partial charge >= 0.3 is 0 Å². The number of anilines is 1. The zero-order chi connectivity index (χ0) is 15.7. The maximum absolute atomic E-state index is 12.4. The van der Waals surface area contributed by atoms with E-state index in [-0.39, 0.29) is 23.8 Å². The second-order valence-electron chi connectivity index (χ2n) is 6.30. The van der Waals surface area contributed by atoms with Crippen molar-refractivity contribution in [3.05, 3.63) is 28.8 Å². The minimum atomic E-state index is -0.250. The molecule has 1 atom stereocenters. The standard InChI is InChI=1S/C17H24N2O2/c1-10(2)19-9-14(8-15(19)20)17(21)18-16-12(4)6-11(3)7-13(16)5/h6-7,10,14H,8-9H2,1-5H3,(H,18,21)/t14-/m1/s1. The number of carbonyl (C=O) groups excluding carboxylic acids is 2. The van der Waals surface area contributed by atoms with Crippen molar-refractivity contribution in [1.29, 1.82) is 0 Å². The lowest BCUT2D eigenvalue weighted by Gasteiger charge is -2.21. The largest absolute Gasteiger partial charge is 0.339 e. The maximum Gasteiger partial charge on any atom is 0.229 e. The van der Waals surface area contributed by atoms with E-state index in [0.29, 0.717) is 13.0 Å². The Kier molecular flexibility index (Phi) is 4.35. The smallest absolute Gasteiger partial charge is 0.229 e. The molecule has 1 aromatic rings. The summed E-state index contributed by atoms with van der Waals surface area (Å²) in [4.78, 5) is 26.1. The first-order valence-electron chi connectivity index (χ1n) is 7.47. The Hall–Kier alpha value is -1.84. The first-order chi connectivity index (χ1) is 9.79. The van der Waals surface area contributed by atoms with Crippen molar-refractivity contribution in [2.75, 3.05) is 11.9 Å². The number of hydrogen-bond donors (Lipinski definition) is 1. The summed E-state index contributed by atoms with van der Waals surface area (Å²) in [6.45, 7) is 10.5. The maximum atomic E-state index is 12.4. The molecule has 21 heavy (non-hydrogen) atoms. The molecule has 1 aliphatic rings. The first-order valence-corrected chi connectivity index (χ1v) is 7.47. The SMILES string of the molecule is Cc1cc(C)c(NC(=O)[C@@H]2CC(=O)N(C(C)C)C2)c(C)c1. The Morgan fingerprint density at radius 3 is 2.29 bits per heavy atom. The summed E-state index contributed by atoms with van der Waals surface area (Å²) in [6.07, 6.45) is 0.313. The van der Waals surface area contributed by atoms with Crippen LogP contribution in [0.25, 0.3) is 0 Å². The molecule has 0 unspecified atom stereocenters. The van der Waals surface area contributed by atoms with Gasteiger partial charge in [-0.3, -0.25) is 9.59 Å². The number of carbonyl (C=O) groups is 2. The van der Waals surface area contributed by atoms with E-state index in [1.165, 1.54) is 5.56 Å². The van der Waals surface area contributed by atoms with Gasteiger partial charge in [0.15, 0.2) is 0 Å². The lowest BCUT2D eigenvalue weighted by Crippen LogP contribution is -2.33. The third kappa shape index (κ3) is 3.26. The van der Waals surface area contributed by atoms with Crippen LogP contribution in [-0.2, 0) is 9.59 Å². The summed E-state index contributed by atoms with van der Waals surface area (Å²) in [7, 11) is 0. The van der Waals surface area contributed by atoms with Gasteiger partial charge in [0.2, 0.25) is 11.8 Å². The van der Waals surface area contributed by atoms with Crippen molar-refractivity contribution >= 4 is 17.5 Å². The number of nitrogens with one attached hydrogen (secondary N) is 1. The van der Waals surface area contributed by atoms with Crippen molar-refractivity contribution in [3.8, 4) is 0 Å². The molecular formula is C17H24N2O2. The van der Waals surface area contributed by atoms with Gasteiger partial charge in [-0.25, -0.2) is 0 Å². The van der Waals surface area contributed by atoms with E-state index in [0.717, 1.165) is 16.8 Å². The Morgan fingerprint density at radius 1 is 1.24 bits per heavy atom. The molecule has 1 aromatic carbocycles. The fraction of sp³-hybridized carbons (Fsp3) is 0.529. The second kappa shape index (κ2) is 5.88. The summed E-state index contributed by atoms with van der Waals surface area (Å²) in [5.41, 5.74) is 4.18. The van der Waals surface area contributed by atoms with Gasteiger partial charge in [-0.05, 0) is 45.7 Å². The Balaban J connectivity index is 2.11. The Bertz CT molecular complexity index is 555. The minimum Gasteiger partial charge on any atom is -0.339 e. The molecular weight excluding hydrogens is 264 g/mol. The quantitative estimate of drug-likeness (QED) is 0.929. The van der Waals surface area contributed by atoms with E-state index in [2.05, 4.69) is 17.4 Å². The van der Waals surface area contributed by atoms with Crippen LogP contribution >= 0.6 is 0 Å². The van der Waals surface area contributed by atoms with Gasteiger partial charge in [0, 0.05) is 24.7 Å². The van der Waals surface area contributed by atoms with Crippen LogP contribution in [0, 0.1) is 26.7 Å². The molecule has 4 nitrogen and oxygen atoms in total. The highest BCUT2D eigenvalue weighted by Gasteiger charge is 2.35. The fourth-order valence-corrected chi connectivity index (χ4v) is 3.01. The summed E-state index contributed by atoms with van der Waals surface area (Å²) < 4.78 is 0. The molecule has 1 saturated heterocycles. The molecule has 0 spiro atoms. The van der Waals surface area contributed by atoms with E-state index in [4.69, 9.17) is 0 Å². The van der Waals surface area contributed by atoms with Crippen LogP contribution in [0.15, 0.2) is 12.1 Å². The lowest BCUT2D eigenvalue weighted by molar-refractivity contribution is -0.129. The summed E-state index contributed by atoms with van der Waals surface area (Å²) in [6, 6.07) is 4.27. The first kappa shape index (κ1) is 15.5. The normalized spacial score (nSPS) is 18.5. The molecule has 4 heteroatoms. The summed E-state index contributed by atoms with van der Waals surface area (Å²) in [5, 5.41) is 3.01. The van der Waals surface area contributed by atoms with Crippen LogP contribution in [0.1, 0.15) is 37.0 Å². The molecule has 0 aliphatic carbocycles. The predicted octanol–water partition coefficient (Wildman–Crippen LogP) is 2.81. The van der Waals surface area contributed by atoms with E-state index in [9.17, 15) is 9.59 Å². The van der Waals surface area contributed by atoms with Crippen molar-refractivity contribution in [3.63, 3.8) is 0 Å². The monoisotopic (exact) mass is 288 g/mol. The molecule has 1 fully saturated rings. The molecule has 2 rings (SSSR count). The highest BCUT2D eigenvalue weighted by Crippen LogP contribution is 2.25. The molecule has 1 aliphatic heterocycles. The van der Waals surface area contributed by atoms with Gasteiger partial charge in [-0.15, -0.1) is 0 Å². The topological polar surface area (TPSA) is 49.4 Å².